The molecule has 0 spiro atoms. The van der Waals surface area contributed by atoms with Gasteiger partial charge in [0, 0.05) is 16.6 Å². The molecule has 0 radical (unpaired) electrons. The lowest BCUT2D eigenvalue weighted by atomic mass is 10.1. The molecule has 1 aromatic rings. The van der Waals surface area contributed by atoms with Gasteiger partial charge in [-0.1, -0.05) is 44.7 Å². The topological polar surface area (TPSA) is 21.3 Å². The standard InChI is InChI=1S/C17H28ClNO/c1-4-6-7-8-12-20-17-10-9-15(18)13-16(17)14(3)19-11-5-2/h9-10,13-14,19H,4-8,11-12H2,1-3H3. The zero-order valence-electron chi connectivity index (χ0n) is 13.0. The van der Waals surface area contributed by atoms with Crippen LogP contribution in [0.5, 0.6) is 5.75 Å². The van der Waals surface area contributed by atoms with Crippen LogP contribution in [0, 0.1) is 0 Å². The Balaban J connectivity index is 2.59. The molecule has 0 saturated carbocycles. The van der Waals surface area contributed by atoms with Crippen molar-refractivity contribution in [2.24, 2.45) is 0 Å². The molecular formula is C17H28ClNO. The Morgan fingerprint density at radius 2 is 1.95 bits per heavy atom. The minimum Gasteiger partial charge on any atom is -0.493 e. The van der Waals surface area contributed by atoms with E-state index in [-0.39, 0.29) is 6.04 Å². The van der Waals surface area contributed by atoms with Gasteiger partial charge < -0.3 is 10.1 Å². The van der Waals surface area contributed by atoms with Crippen LogP contribution in [-0.2, 0) is 0 Å². The van der Waals surface area contributed by atoms with Gasteiger partial charge in [-0.15, -0.1) is 0 Å². The summed E-state index contributed by atoms with van der Waals surface area (Å²) in [6, 6.07) is 6.16. The molecule has 1 N–H and O–H groups in total. The fourth-order valence-electron chi connectivity index (χ4n) is 2.17. The Kier molecular flexibility index (Phi) is 8.72. The first-order valence-electron chi connectivity index (χ1n) is 7.84. The Labute approximate surface area is 128 Å². The maximum Gasteiger partial charge on any atom is 0.124 e. The van der Waals surface area contributed by atoms with E-state index in [4.69, 9.17) is 16.3 Å². The van der Waals surface area contributed by atoms with Gasteiger partial charge in [0.1, 0.15) is 5.75 Å². The Morgan fingerprint density at radius 1 is 1.15 bits per heavy atom. The normalized spacial score (nSPS) is 12.4. The van der Waals surface area contributed by atoms with Crippen LogP contribution in [0.15, 0.2) is 18.2 Å². The van der Waals surface area contributed by atoms with E-state index in [1.54, 1.807) is 0 Å². The zero-order chi connectivity index (χ0) is 14.8. The van der Waals surface area contributed by atoms with Gasteiger partial charge in [0.2, 0.25) is 0 Å². The molecule has 1 unspecified atom stereocenters. The van der Waals surface area contributed by atoms with E-state index in [1.165, 1.54) is 19.3 Å². The van der Waals surface area contributed by atoms with Crippen LogP contribution in [0.3, 0.4) is 0 Å². The van der Waals surface area contributed by atoms with E-state index >= 15 is 0 Å². The van der Waals surface area contributed by atoms with Gasteiger partial charge in [0.05, 0.1) is 6.61 Å². The average molecular weight is 298 g/mol. The first kappa shape index (κ1) is 17.3. The highest BCUT2D eigenvalue weighted by Gasteiger charge is 2.11. The molecule has 2 nitrogen and oxygen atoms in total. The quantitative estimate of drug-likeness (QED) is 0.587. The van der Waals surface area contributed by atoms with Gasteiger partial charge in [-0.25, -0.2) is 0 Å². The molecule has 0 aromatic heterocycles. The predicted octanol–water partition coefficient (Wildman–Crippen LogP) is 5.36. The number of nitrogens with one attached hydrogen (secondary N) is 1. The Hall–Kier alpha value is -0.730. The van der Waals surface area contributed by atoms with Gasteiger partial charge in [0.25, 0.3) is 0 Å². The van der Waals surface area contributed by atoms with Gasteiger partial charge in [-0.3, -0.25) is 0 Å². The van der Waals surface area contributed by atoms with Crippen LogP contribution >= 0.6 is 11.6 Å². The summed E-state index contributed by atoms with van der Waals surface area (Å²) in [6.45, 7) is 8.34. The monoisotopic (exact) mass is 297 g/mol. The second kappa shape index (κ2) is 10.1. The van der Waals surface area contributed by atoms with Gasteiger partial charge in [0.15, 0.2) is 0 Å². The number of rotatable bonds is 10. The average Bonchev–Trinajstić information content (AvgIpc) is 2.45. The van der Waals surface area contributed by atoms with Crippen molar-refractivity contribution >= 4 is 11.6 Å². The highest BCUT2D eigenvalue weighted by Crippen LogP contribution is 2.28. The molecule has 0 aliphatic rings. The Morgan fingerprint density at radius 3 is 2.65 bits per heavy atom. The summed E-state index contributed by atoms with van der Waals surface area (Å²) in [5, 5.41) is 4.26. The molecule has 20 heavy (non-hydrogen) atoms. The van der Waals surface area contributed by atoms with Crippen molar-refractivity contribution in [3.63, 3.8) is 0 Å². The smallest absolute Gasteiger partial charge is 0.124 e. The lowest BCUT2D eigenvalue weighted by Crippen LogP contribution is -2.20. The third-order valence-corrected chi connectivity index (χ3v) is 3.63. The molecular weight excluding hydrogens is 270 g/mol. The summed E-state index contributed by atoms with van der Waals surface area (Å²) in [7, 11) is 0. The van der Waals surface area contributed by atoms with Crippen LogP contribution in [0.2, 0.25) is 5.02 Å². The zero-order valence-corrected chi connectivity index (χ0v) is 13.8. The first-order valence-corrected chi connectivity index (χ1v) is 8.22. The van der Waals surface area contributed by atoms with Crippen LogP contribution in [0.1, 0.15) is 64.5 Å². The summed E-state index contributed by atoms with van der Waals surface area (Å²) in [4.78, 5) is 0. The van der Waals surface area contributed by atoms with Crippen molar-refractivity contribution in [1.82, 2.24) is 5.32 Å². The maximum absolute atomic E-state index is 6.11. The lowest BCUT2D eigenvalue weighted by molar-refractivity contribution is 0.299. The van der Waals surface area contributed by atoms with E-state index in [9.17, 15) is 0 Å². The number of unbranched alkanes of at least 4 members (excludes halogenated alkanes) is 3. The molecule has 0 fully saturated rings. The lowest BCUT2D eigenvalue weighted by Gasteiger charge is -2.18. The minimum absolute atomic E-state index is 0.263. The van der Waals surface area contributed by atoms with Crippen molar-refractivity contribution in [2.45, 2.75) is 58.9 Å². The van der Waals surface area contributed by atoms with E-state index in [0.717, 1.165) is 42.3 Å². The number of ether oxygens (including phenoxy) is 1. The molecule has 1 rings (SSSR count). The summed E-state index contributed by atoms with van der Waals surface area (Å²) >= 11 is 6.11. The van der Waals surface area contributed by atoms with Gasteiger partial charge >= 0.3 is 0 Å². The summed E-state index contributed by atoms with van der Waals surface area (Å²) in [5.74, 6) is 0.960. The van der Waals surface area contributed by atoms with E-state index in [0.29, 0.717) is 0 Å². The molecule has 1 aromatic carbocycles. The fourth-order valence-corrected chi connectivity index (χ4v) is 2.35. The number of halogens is 1. The Bertz CT molecular complexity index is 381. The van der Waals surface area contributed by atoms with E-state index < -0.39 is 0 Å². The van der Waals surface area contributed by atoms with Crippen LogP contribution in [0.25, 0.3) is 0 Å². The van der Waals surface area contributed by atoms with Crippen LogP contribution in [0.4, 0.5) is 0 Å². The fraction of sp³-hybridized carbons (Fsp3) is 0.647. The molecule has 3 heteroatoms. The molecule has 1 atom stereocenters. The van der Waals surface area contributed by atoms with Crippen molar-refractivity contribution in [3.8, 4) is 5.75 Å². The third kappa shape index (κ3) is 6.15. The largest absolute Gasteiger partial charge is 0.493 e. The maximum atomic E-state index is 6.11. The van der Waals surface area contributed by atoms with Gasteiger partial charge in [-0.05, 0) is 44.5 Å². The molecule has 0 heterocycles. The van der Waals surface area contributed by atoms with Crippen molar-refractivity contribution < 1.29 is 4.74 Å². The van der Waals surface area contributed by atoms with Crippen LogP contribution in [-0.4, -0.2) is 13.2 Å². The minimum atomic E-state index is 0.263. The summed E-state index contributed by atoms with van der Waals surface area (Å²) < 4.78 is 5.94. The molecule has 0 aliphatic heterocycles. The van der Waals surface area contributed by atoms with Crippen molar-refractivity contribution in [2.75, 3.05) is 13.2 Å². The van der Waals surface area contributed by atoms with Crippen LogP contribution < -0.4 is 10.1 Å². The van der Waals surface area contributed by atoms with Crippen molar-refractivity contribution in [1.29, 1.82) is 0 Å². The highest BCUT2D eigenvalue weighted by molar-refractivity contribution is 6.30. The van der Waals surface area contributed by atoms with Gasteiger partial charge in [-0.2, -0.15) is 0 Å². The molecule has 0 bridgehead atoms. The first-order chi connectivity index (χ1) is 9.69. The van der Waals surface area contributed by atoms with Crippen molar-refractivity contribution in [3.05, 3.63) is 28.8 Å². The second-order valence-corrected chi connectivity index (χ2v) is 5.70. The molecule has 0 saturated heterocycles. The highest BCUT2D eigenvalue weighted by atomic mass is 35.5. The van der Waals surface area contributed by atoms with E-state index in [1.807, 2.05) is 18.2 Å². The molecule has 0 amide bonds. The number of hydrogen-bond acceptors (Lipinski definition) is 2. The van der Waals surface area contributed by atoms with E-state index in [2.05, 4.69) is 26.1 Å². The third-order valence-electron chi connectivity index (χ3n) is 3.39. The predicted molar refractivity (Wildman–Crippen MR) is 87.8 cm³/mol. The summed E-state index contributed by atoms with van der Waals surface area (Å²) in [6.07, 6.45) is 6.02. The SMILES string of the molecule is CCCCCCOc1ccc(Cl)cc1C(C)NCCC. The molecule has 0 aliphatic carbocycles. The number of benzene rings is 1. The molecule has 114 valence electrons. The number of hydrogen-bond donors (Lipinski definition) is 1. The second-order valence-electron chi connectivity index (χ2n) is 5.27. The summed E-state index contributed by atoms with van der Waals surface area (Å²) in [5.41, 5.74) is 1.15.